The van der Waals surface area contributed by atoms with Crippen molar-refractivity contribution in [2.24, 2.45) is 0 Å². The maximum atomic E-state index is 12.1. The third-order valence-corrected chi connectivity index (χ3v) is 4.69. The van der Waals surface area contributed by atoms with Crippen molar-refractivity contribution in [2.45, 2.75) is 38.6 Å². The molecule has 0 saturated carbocycles. The zero-order valence-electron chi connectivity index (χ0n) is 11.6. The van der Waals surface area contributed by atoms with Gasteiger partial charge in [-0.05, 0) is 43.1 Å². The minimum atomic E-state index is -3.48. The molecular weight excluding hydrogens is 284 g/mol. The summed E-state index contributed by atoms with van der Waals surface area (Å²) in [4.78, 5) is 0.259. The van der Waals surface area contributed by atoms with E-state index in [4.69, 9.17) is 11.6 Å². The second-order valence-corrected chi connectivity index (χ2v) is 6.54. The van der Waals surface area contributed by atoms with Crippen LogP contribution in [0.1, 0.15) is 31.4 Å². The molecule has 0 aromatic heterocycles. The normalized spacial score (nSPS) is 11.8. The monoisotopic (exact) mass is 304 g/mol. The number of sulfonamides is 1. The minimum absolute atomic E-state index is 0.259. The average Bonchev–Trinajstić information content (AvgIpc) is 2.33. The molecule has 0 heterocycles. The first-order valence-electron chi connectivity index (χ1n) is 6.41. The lowest BCUT2D eigenvalue weighted by Crippen LogP contribution is -2.25. The van der Waals surface area contributed by atoms with Crippen LogP contribution in [0.4, 0.5) is 0 Å². The van der Waals surface area contributed by atoms with E-state index < -0.39 is 10.0 Å². The van der Waals surface area contributed by atoms with Crippen LogP contribution in [0, 0.1) is 6.92 Å². The van der Waals surface area contributed by atoms with Crippen LogP contribution in [0.3, 0.4) is 0 Å². The van der Waals surface area contributed by atoms with E-state index in [1.165, 1.54) is 6.07 Å². The second-order valence-electron chi connectivity index (χ2n) is 4.37. The Labute approximate surface area is 120 Å². The van der Waals surface area contributed by atoms with Gasteiger partial charge in [0.25, 0.3) is 0 Å². The first-order valence-corrected chi connectivity index (χ1v) is 8.27. The summed E-state index contributed by atoms with van der Waals surface area (Å²) < 4.78 is 26.7. The SMILES string of the molecule is CCCNCc1cc(Cl)cc(S(=O)(=O)NCC)c1C. The predicted octanol–water partition coefficient (Wildman–Crippen LogP) is 2.45. The van der Waals surface area contributed by atoms with Gasteiger partial charge in [0.05, 0.1) is 4.90 Å². The summed E-state index contributed by atoms with van der Waals surface area (Å²) in [6, 6.07) is 3.31. The largest absolute Gasteiger partial charge is 0.313 e. The van der Waals surface area contributed by atoms with Crippen LogP contribution < -0.4 is 10.0 Å². The average molecular weight is 305 g/mol. The highest BCUT2D eigenvalue weighted by Crippen LogP contribution is 2.24. The number of benzene rings is 1. The Bertz CT molecular complexity index is 530. The molecule has 0 amide bonds. The molecule has 6 heteroatoms. The van der Waals surface area contributed by atoms with Crippen molar-refractivity contribution in [3.8, 4) is 0 Å². The molecule has 0 aliphatic rings. The van der Waals surface area contributed by atoms with Crippen molar-refractivity contribution < 1.29 is 8.42 Å². The molecule has 1 rings (SSSR count). The fourth-order valence-electron chi connectivity index (χ4n) is 1.84. The summed E-state index contributed by atoms with van der Waals surface area (Å²) in [5.41, 5.74) is 1.66. The molecule has 2 N–H and O–H groups in total. The van der Waals surface area contributed by atoms with Crippen LogP contribution in [-0.4, -0.2) is 21.5 Å². The van der Waals surface area contributed by atoms with Gasteiger partial charge in [0.2, 0.25) is 10.0 Å². The second kappa shape index (κ2) is 7.24. The van der Waals surface area contributed by atoms with Gasteiger partial charge < -0.3 is 5.32 Å². The Balaban J connectivity index is 3.13. The zero-order chi connectivity index (χ0) is 14.5. The Hall–Kier alpha value is -0.620. The van der Waals surface area contributed by atoms with E-state index >= 15 is 0 Å². The van der Waals surface area contributed by atoms with E-state index in [2.05, 4.69) is 17.0 Å². The molecule has 0 spiro atoms. The Morgan fingerprint density at radius 1 is 1.26 bits per heavy atom. The van der Waals surface area contributed by atoms with Gasteiger partial charge in [-0.3, -0.25) is 0 Å². The molecule has 0 unspecified atom stereocenters. The van der Waals surface area contributed by atoms with Gasteiger partial charge in [0, 0.05) is 18.1 Å². The molecule has 0 aliphatic heterocycles. The highest BCUT2D eigenvalue weighted by Gasteiger charge is 2.18. The highest BCUT2D eigenvalue weighted by atomic mass is 35.5. The predicted molar refractivity (Wildman–Crippen MR) is 79.0 cm³/mol. The molecule has 19 heavy (non-hydrogen) atoms. The van der Waals surface area contributed by atoms with Crippen LogP contribution in [0.5, 0.6) is 0 Å². The van der Waals surface area contributed by atoms with Crippen molar-refractivity contribution in [1.29, 1.82) is 0 Å². The summed E-state index contributed by atoms with van der Waals surface area (Å²) in [7, 11) is -3.48. The highest BCUT2D eigenvalue weighted by molar-refractivity contribution is 7.89. The van der Waals surface area contributed by atoms with Crippen molar-refractivity contribution in [1.82, 2.24) is 10.0 Å². The maximum Gasteiger partial charge on any atom is 0.240 e. The number of halogens is 1. The third kappa shape index (κ3) is 4.45. The maximum absolute atomic E-state index is 12.1. The first-order chi connectivity index (χ1) is 8.92. The van der Waals surface area contributed by atoms with Gasteiger partial charge in [-0.15, -0.1) is 0 Å². The summed E-state index contributed by atoms with van der Waals surface area (Å²) in [6.45, 7) is 7.51. The standard InChI is InChI=1S/C13H21ClN2O2S/c1-4-6-15-9-11-7-12(14)8-13(10(11)3)19(17,18)16-5-2/h7-8,15-16H,4-6,9H2,1-3H3. The van der Waals surface area contributed by atoms with Crippen LogP contribution in [0.2, 0.25) is 5.02 Å². The molecule has 0 bridgehead atoms. The number of hydrogen-bond donors (Lipinski definition) is 2. The van der Waals surface area contributed by atoms with E-state index in [1.54, 1.807) is 6.92 Å². The van der Waals surface area contributed by atoms with E-state index in [9.17, 15) is 8.42 Å². The van der Waals surface area contributed by atoms with E-state index in [0.29, 0.717) is 18.1 Å². The smallest absolute Gasteiger partial charge is 0.240 e. The van der Waals surface area contributed by atoms with Crippen LogP contribution in [-0.2, 0) is 16.6 Å². The Morgan fingerprint density at radius 2 is 1.95 bits per heavy atom. The Morgan fingerprint density at radius 3 is 2.53 bits per heavy atom. The van der Waals surface area contributed by atoms with Crippen molar-refractivity contribution in [2.75, 3.05) is 13.1 Å². The lowest BCUT2D eigenvalue weighted by Gasteiger charge is -2.13. The molecule has 0 radical (unpaired) electrons. The fraction of sp³-hybridized carbons (Fsp3) is 0.538. The molecule has 0 saturated heterocycles. The molecule has 0 atom stereocenters. The van der Waals surface area contributed by atoms with Crippen molar-refractivity contribution >= 4 is 21.6 Å². The molecule has 0 aliphatic carbocycles. The van der Waals surface area contributed by atoms with Gasteiger partial charge in [0.1, 0.15) is 0 Å². The molecule has 4 nitrogen and oxygen atoms in total. The third-order valence-electron chi connectivity index (χ3n) is 2.80. The molecular formula is C13H21ClN2O2S. The minimum Gasteiger partial charge on any atom is -0.313 e. The van der Waals surface area contributed by atoms with Gasteiger partial charge >= 0.3 is 0 Å². The Kier molecular flexibility index (Phi) is 6.26. The van der Waals surface area contributed by atoms with Crippen LogP contribution in [0.25, 0.3) is 0 Å². The topological polar surface area (TPSA) is 58.2 Å². The number of hydrogen-bond acceptors (Lipinski definition) is 3. The number of nitrogens with one attached hydrogen (secondary N) is 2. The lowest BCUT2D eigenvalue weighted by atomic mass is 10.1. The summed E-state index contributed by atoms with van der Waals surface area (Å²) in [5, 5.41) is 3.70. The summed E-state index contributed by atoms with van der Waals surface area (Å²) in [6.07, 6.45) is 1.03. The molecule has 1 aromatic rings. The van der Waals surface area contributed by atoms with Gasteiger partial charge in [-0.25, -0.2) is 13.1 Å². The molecule has 108 valence electrons. The van der Waals surface area contributed by atoms with Gasteiger partial charge in [-0.1, -0.05) is 25.4 Å². The molecule has 0 fully saturated rings. The van der Waals surface area contributed by atoms with Gasteiger partial charge in [0.15, 0.2) is 0 Å². The first kappa shape index (κ1) is 16.4. The van der Waals surface area contributed by atoms with Gasteiger partial charge in [-0.2, -0.15) is 0 Å². The fourth-order valence-corrected chi connectivity index (χ4v) is 3.50. The van der Waals surface area contributed by atoms with E-state index in [1.807, 2.05) is 13.0 Å². The van der Waals surface area contributed by atoms with Crippen LogP contribution in [0.15, 0.2) is 17.0 Å². The zero-order valence-corrected chi connectivity index (χ0v) is 13.2. The van der Waals surface area contributed by atoms with E-state index in [-0.39, 0.29) is 4.90 Å². The van der Waals surface area contributed by atoms with E-state index in [0.717, 1.165) is 24.1 Å². The number of rotatable bonds is 7. The molecule has 1 aromatic carbocycles. The quantitative estimate of drug-likeness (QED) is 0.761. The van der Waals surface area contributed by atoms with Crippen molar-refractivity contribution in [3.63, 3.8) is 0 Å². The van der Waals surface area contributed by atoms with Crippen LogP contribution >= 0.6 is 11.6 Å². The summed E-state index contributed by atoms with van der Waals surface area (Å²) in [5.74, 6) is 0. The summed E-state index contributed by atoms with van der Waals surface area (Å²) >= 11 is 6.02. The lowest BCUT2D eigenvalue weighted by molar-refractivity contribution is 0.582. The van der Waals surface area contributed by atoms with Crippen molar-refractivity contribution in [3.05, 3.63) is 28.3 Å².